The quantitative estimate of drug-likeness (QED) is 0.679. The molecule has 1 atom stereocenters. The Morgan fingerprint density at radius 1 is 1.42 bits per heavy atom. The molecule has 0 aliphatic rings. The number of hydrogen-bond acceptors (Lipinski definition) is 3. The number of rotatable bonds is 2. The summed E-state index contributed by atoms with van der Waals surface area (Å²) in [4.78, 5) is 7.81. The minimum absolute atomic E-state index is 0.0583. The molecule has 0 aromatic carbocycles. The van der Waals surface area contributed by atoms with Crippen molar-refractivity contribution in [2.24, 2.45) is 0 Å². The molecule has 1 rings (SSSR count). The molecule has 0 saturated heterocycles. The normalized spacial score (nSPS) is 11.3. The van der Waals surface area contributed by atoms with Gasteiger partial charge in [0.15, 0.2) is 0 Å². The first-order chi connectivity index (χ1) is 5.84. The summed E-state index contributed by atoms with van der Waals surface area (Å²) in [5, 5.41) is 0. The third-order valence-electron chi connectivity index (χ3n) is 1.37. The van der Waals surface area contributed by atoms with E-state index in [-0.39, 0.29) is 6.10 Å². The molecule has 0 radical (unpaired) electrons. The lowest BCUT2D eigenvalue weighted by Gasteiger charge is -2.06. The lowest BCUT2D eigenvalue weighted by molar-refractivity contribution is 0.116. The number of aromatic nitrogens is 2. The zero-order valence-electron chi connectivity index (χ0n) is 8.11. The summed E-state index contributed by atoms with van der Waals surface area (Å²) >= 11 is 0. The van der Waals surface area contributed by atoms with Gasteiger partial charge in [0.2, 0.25) is 0 Å². The Balaban J connectivity index is 0.000000561. The first-order valence-electron chi connectivity index (χ1n) is 4.13. The number of methoxy groups -OCH3 is 1. The summed E-state index contributed by atoms with van der Waals surface area (Å²) < 4.78 is 5.05. The highest BCUT2D eigenvalue weighted by molar-refractivity contribution is 5.00. The fourth-order valence-corrected chi connectivity index (χ4v) is 0.662. The molecule has 1 aromatic rings. The van der Waals surface area contributed by atoms with Crippen LogP contribution in [0.1, 0.15) is 32.6 Å². The Hall–Kier alpha value is -0.960. The van der Waals surface area contributed by atoms with E-state index >= 15 is 0 Å². The van der Waals surface area contributed by atoms with Crippen LogP contribution in [0.3, 0.4) is 0 Å². The van der Waals surface area contributed by atoms with Gasteiger partial charge in [-0.15, -0.1) is 0 Å². The van der Waals surface area contributed by atoms with Gasteiger partial charge in [-0.05, 0) is 13.0 Å². The second-order valence-electron chi connectivity index (χ2n) is 2.01. The van der Waals surface area contributed by atoms with Gasteiger partial charge in [0.1, 0.15) is 6.33 Å². The minimum atomic E-state index is 0.0583. The third kappa shape index (κ3) is 3.44. The molecule has 0 aliphatic carbocycles. The van der Waals surface area contributed by atoms with E-state index in [0.29, 0.717) is 0 Å². The average molecular weight is 168 g/mol. The van der Waals surface area contributed by atoms with Crippen LogP contribution >= 0.6 is 0 Å². The number of hydrogen-bond donors (Lipinski definition) is 0. The summed E-state index contributed by atoms with van der Waals surface area (Å²) in [7, 11) is 1.66. The van der Waals surface area contributed by atoms with Crippen LogP contribution in [-0.4, -0.2) is 17.1 Å². The highest BCUT2D eigenvalue weighted by Gasteiger charge is 2.01. The van der Waals surface area contributed by atoms with E-state index in [4.69, 9.17) is 4.74 Å². The van der Waals surface area contributed by atoms with Gasteiger partial charge in [0.25, 0.3) is 0 Å². The standard InChI is InChI=1S/C7H10N2O.C2H6/c1-6(10-2)7-3-4-8-5-9-7;1-2/h3-6H,1-2H3;1-2H3. The van der Waals surface area contributed by atoms with E-state index in [0.717, 1.165) is 5.69 Å². The fraction of sp³-hybridized carbons (Fsp3) is 0.556. The van der Waals surface area contributed by atoms with Crippen molar-refractivity contribution in [3.05, 3.63) is 24.3 Å². The number of ether oxygens (including phenoxy) is 1. The molecular weight excluding hydrogens is 152 g/mol. The Bertz CT molecular complexity index is 189. The second-order valence-corrected chi connectivity index (χ2v) is 2.01. The predicted molar refractivity (Wildman–Crippen MR) is 48.8 cm³/mol. The second kappa shape index (κ2) is 6.73. The molecule has 0 aliphatic heterocycles. The van der Waals surface area contributed by atoms with E-state index in [1.807, 2.05) is 26.8 Å². The van der Waals surface area contributed by atoms with E-state index in [9.17, 15) is 0 Å². The van der Waals surface area contributed by atoms with Crippen LogP contribution in [0.2, 0.25) is 0 Å². The van der Waals surface area contributed by atoms with Crippen LogP contribution in [0.15, 0.2) is 18.6 Å². The highest BCUT2D eigenvalue weighted by atomic mass is 16.5. The lowest BCUT2D eigenvalue weighted by Crippen LogP contribution is -1.98. The van der Waals surface area contributed by atoms with Crippen molar-refractivity contribution in [3.8, 4) is 0 Å². The number of nitrogens with zero attached hydrogens (tertiary/aromatic N) is 2. The molecule has 1 heterocycles. The van der Waals surface area contributed by atoms with Crippen LogP contribution in [0.5, 0.6) is 0 Å². The van der Waals surface area contributed by atoms with Crippen LogP contribution in [0.4, 0.5) is 0 Å². The topological polar surface area (TPSA) is 35.0 Å². The van der Waals surface area contributed by atoms with Gasteiger partial charge in [-0.2, -0.15) is 0 Å². The van der Waals surface area contributed by atoms with E-state index < -0.39 is 0 Å². The smallest absolute Gasteiger partial charge is 0.115 e. The summed E-state index contributed by atoms with van der Waals surface area (Å²) in [6, 6.07) is 1.84. The molecule has 68 valence electrons. The first kappa shape index (κ1) is 11.0. The zero-order valence-corrected chi connectivity index (χ0v) is 8.11. The largest absolute Gasteiger partial charge is 0.375 e. The summed E-state index contributed by atoms with van der Waals surface area (Å²) in [5.41, 5.74) is 0.914. The maximum absolute atomic E-state index is 5.05. The summed E-state index contributed by atoms with van der Waals surface area (Å²) in [5.74, 6) is 0. The molecule has 12 heavy (non-hydrogen) atoms. The Labute approximate surface area is 73.8 Å². The van der Waals surface area contributed by atoms with Crippen molar-refractivity contribution in [2.75, 3.05) is 7.11 Å². The van der Waals surface area contributed by atoms with Crippen LogP contribution < -0.4 is 0 Å². The monoisotopic (exact) mass is 168 g/mol. The molecule has 0 amide bonds. The van der Waals surface area contributed by atoms with Crippen molar-refractivity contribution in [1.29, 1.82) is 0 Å². The molecule has 0 spiro atoms. The molecular formula is C9H16N2O. The molecule has 3 nitrogen and oxygen atoms in total. The molecule has 0 saturated carbocycles. The maximum Gasteiger partial charge on any atom is 0.115 e. The average Bonchev–Trinajstić information content (AvgIpc) is 2.21. The van der Waals surface area contributed by atoms with Gasteiger partial charge >= 0.3 is 0 Å². The summed E-state index contributed by atoms with van der Waals surface area (Å²) in [6.07, 6.45) is 3.28. The molecule has 0 fully saturated rings. The molecule has 3 heteroatoms. The Kier molecular flexibility index (Phi) is 6.19. The zero-order chi connectivity index (χ0) is 9.40. The summed E-state index contributed by atoms with van der Waals surface area (Å²) in [6.45, 7) is 5.95. The van der Waals surface area contributed by atoms with Crippen molar-refractivity contribution in [3.63, 3.8) is 0 Å². The maximum atomic E-state index is 5.05. The van der Waals surface area contributed by atoms with Gasteiger partial charge in [0, 0.05) is 13.3 Å². The predicted octanol–water partition coefficient (Wildman–Crippen LogP) is 2.21. The lowest BCUT2D eigenvalue weighted by atomic mass is 10.3. The molecule has 1 aromatic heterocycles. The SMILES string of the molecule is CC.COC(C)c1ccncn1. The van der Waals surface area contributed by atoms with Gasteiger partial charge in [-0.1, -0.05) is 13.8 Å². The third-order valence-corrected chi connectivity index (χ3v) is 1.37. The molecule has 0 bridgehead atoms. The van der Waals surface area contributed by atoms with Crippen molar-refractivity contribution in [2.45, 2.75) is 26.9 Å². The van der Waals surface area contributed by atoms with Gasteiger partial charge in [-0.25, -0.2) is 9.97 Å². The van der Waals surface area contributed by atoms with Crippen molar-refractivity contribution >= 4 is 0 Å². The first-order valence-corrected chi connectivity index (χ1v) is 4.13. The Morgan fingerprint density at radius 2 is 2.08 bits per heavy atom. The van der Waals surface area contributed by atoms with E-state index in [1.165, 1.54) is 6.33 Å². The minimum Gasteiger partial charge on any atom is -0.375 e. The fourth-order valence-electron chi connectivity index (χ4n) is 0.662. The van der Waals surface area contributed by atoms with Gasteiger partial charge in [-0.3, -0.25) is 0 Å². The Morgan fingerprint density at radius 3 is 2.50 bits per heavy atom. The van der Waals surface area contributed by atoms with Gasteiger partial charge < -0.3 is 4.74 Å². The molecule has 0 N–H and O–H groups in total. The van der Waals surface area contributed by atoms with Gasteiger partial charge in [0.05, 0.1) is 11.8 Å². The van der Waals surface area contributed by atoms with Crippen LogP contribution in [0, 0.1) is 0 Å². The highest BCUT2D eigenvalue weighted by Crippen LogP contribution is 2.09. The van der Waals surface area contributed by atoms with Crippen molar-refractivity contribution in [1.82, 2.24) is 9.97 Å². The van der Waals surface area contributed by atoms with Crippen LogP contribution in [0.25, 0.3) is 0 Å². The van der Waals surface area contributed by atoms with Crippen molar-refractivity contribution < 1.29 is 4.74 Å². The van der Waals surface area contributed by atoms with E-state index in [2.05, 4.69) is 9.97 Å². The van der Waals surface area contributed by atoms with E-state index in [1.54, 1.807) is 13.3 Å². The van der Waals surface area contributed by atoms with Crippen LogP contribution in [-0.2, 0) is 4.74 Å². The molecule has 1 unspecified atom stereocenters.